The van der Waals surface area contributed by atoms with Crippen LogP contribution in [0.1, 0.15) is 47.9 Å². The topological polar surface area (TPSA) is 86.8 Å². The molecule has 4 aromatic carbocycles. The lowest BCUT2D eigenvalue weighted by molar-refractivity contribution is -0.140. The van der Waals surface area contributed by atoms with Crippen LogP contribution in [0.3, 0.4) is 0 Å². The van der Waals surface area contributed by atoms with Gasteiger partial charge in [-0.3, -0.25) is 13.9 Å². The molecule has 0 spiro atoms. The van der Waals surface area contributed by atoms with Gasteiger partial charge in [0.05, 0.1) is 21.2 Å². The third-order valence-corrected chi connectivity index (χ3v) is 10.8. The van der Waals surface area contributed by atoms with Crippen LogP contribution < -0.4 is 9.62 Å². The van der Waals surface area contributed by atoms with E-state index in [0.717, 1.165) is 43.4 Å². The first-order chi connectivity index (χ1) is 23.7. The second-order valence-electron chi connectivity index (χ2n) is 12.3. The number of amides is 2. The number of alkyl halides is 3. The molecule has 50 heavy (non-hydrogen) atoms. The first kappa shape index (κ1) is 36.9. The highest BCUT2D eigenvalue weighted by atomic mass is 35.5. The number of carbonyl (C=O) groups is 2. The summed E-state index contributed by atoms with van der Waals surface area (Å²) >= 11 is 5.88. The smallest absolute Gasteiger partial charge is 0.352 e. The molecule has 5 rings (SSSR count). The van der Waals surface area contributed by atoms with Crippen LogP contribution in [0.25, 0.3) is 0 Å². The summed E-state index contributed by atoms with van der Waals surface area (Å²) in [4.78, 5) is 29.6. The van der Waals surface area contributed by atoms with Crippen LogP contribution in [-0.2, 0) is 38.8 Å². The predicted molar refractivity (Wildman–Crippen MR) is 183 cm³/mol. The van der Waals surface area contributed by atoms with Crippen molar-refractivity contribution in [2.75, 3.05) is 10.8 Å². The molecule has 2 amide bonds. The van der Waals surface area contributed by atoms with E-state index in [4.69, 9.17) is 11.6 Å². The first-order valence-electron chi connectivity index (χ1n) is 16.1. The number of carbonyl (C=O) groups excluding carboxylic acids is 2. The Morgan fingerprint density at radius 2 is 1.54 bits per heavy atom. The second kappa shape index (κ2) is 15.6. The van der Waals surface area contributed by atoms with Gasteiger partial charge in [-0.25, -0.2) is 12.8 Å². The molecule has 1 fully saturated rings. The molecule has 1 atom stereocenters. The first-order valence-corrected chi connectivity index (χ1v) is 17.9. The van der Waals surface area contributed by atoms with Crippen molar-refractivity contribution >= 4 is 39.1 Å². The Morgan fingerprint density at radius 1 is 0.900 bits per heavy atom. The van der Waals surface area contributed by atoms with Crippen molar-refractivity contribution in [2.45, 2.75) is 68.7 Å². The average molecular weight is 730 g/mol. The Kier molecular flexibility index (Phi) is 11.5. The molecule has 0 aromatic heterocycles. The predicted octanol–water partition coefficient (Wildman–Crippen LogP) is 7.70. The van der Waals surface area contributed by atoms with Gasteiger partial charge in [-0.15, -0.1) is 0 Å². The van der Waals surface area contributed by atoms with Crippen molar-refractivity contribution in [3.8, 4) is 0 Å². The van der Waals surface area contributed by atoms with Gasteiger partial charge >= 0.3 is 6.18 Å². The van der Waals surface area contributed by atoms with E-state index in [2.05, 4.69) is 5.32 Å². The number of aryl methyl sites for hydroxylation is 1. The van der Waals surface area contributed by atoms with Gasteiger partial charge in [0.2, 0.25) is 11.8 Å². The van der Waals surface area contributed by atoms with Crippen molar-refractivity contribution in [3.05, 3.63) is 130 Å². The van der Waals surface area contributed by atoms with Gasteiger partial charge in [-0.05, 0) is 73.4 Å². The SMILES string of the molecule is Cc1ccc(S(=O)(=O)N(CC(=O)N(Cc2ccc(F)cc2)C(Cc2ccccc2)C(=O)NC2CCCC2)c2ccc(Cl)c(C(F)(F)F)c2)cc1. The fourth-order valence-electron chi connectivity index (χ4n) is 5.96. The van der Waals surface area contributed by atoms with Gasteiger partial charge in [0.25, 0.3) is 10.0 Å². The van der Waals surface area contributed by atoms with Crippen LogP contribution in [0.5, 0.6) is 0 Å². The molecular formula is C37H36ClF4N3O4S. The summed E-state index contributed by atoms with van der Waals surface area (Å²) in [5, 5.41) is 2.39. The summed E-state index contributed by atoms with van der Waals surface area (Å²) in [7, 11) is -4.65. The van der Waals surface area contributed by atoms with E-state index in [1.54, 1.807) is 37.3 Å². The second-order valence-corrected chi connectivity index (χ2v) is 14.6. The normalized spacial score (nSPS) is 14.3. The minimum Gasteiger partial charge on any atom is -0.352 e. The Hall–Kier alpha value is -4.42. The van der Waals surface area contributed by atoms with Gasteiger partial charge in [0.15, 0.2) is 0 Å². The Balaban J connectivity index is 1.61. The number of benzene rings is 4. The Morgan fingerprint density at radius 3 is 2.16 bits per heavy atom. The molecule has 13 heteroatoms. The van der Waals surface area contributed by atoms with Crippen LogP contribution in [0, 0.1) is 12.7 Å². The van der Waals surface area contributed by atoms with Crippen molar-refractivity contribution in [3.63, 3.8) is 0 Å². The molecule has 0 aliphatic heterocycles. The van der Waals surface area contributed by atoms with Crippen molar-refractivity contribution < 1.29 is 35.6 Å². The monoisotopic (exact) mass is 729 g/mol. The zero-order chi connectivity index (χ0) is 36.1. The van der Waals surface area contributed by atoms with E-state index in [-0.39, 0.29) is 23.9 Å². The van der Waals surface area contributed by atoms with Crippen LogP contribution in [-0.4, -0.2) is 43.8 Å². The third kappa shape index (κ3) is 9.02. The van der Waals surface area contributed by atoms with Crippen LogP contribution in [0.2, 0.25) is 5.02 Å². The fraction of sp³-hybridized carbons (Fsp3) is 0.297. The number of rotatable bonds is 12. The fourth-order valence-corrected chi connectivity index (χ4v) is 7.59. The van der Waals surface area contributed by atoms with E-state index in [1.807, 2.05) is 0 Å². The largest absolute Gasteiger partial charge is 0.417 e. The molecule has 1 aliphatic carbocycles. The van der Waals surface area contributed by atoms with Gasteiger partial charge < -0.3 is 10.2 Å². The summed E-state index contributed by atoms with van der Waals surface area (Å²) < 4.78 is 84.8. The zero-order valence-electron chi connectivity index (χ0n) is 27.2. The minimum atomic E-state index is -4.93. The zero-order valence-corrected chi connectivity index (χ0v) is 28.7. The average Bonchev–Trinajstić information content (AvgIpc) is 3.59. The maximum absolute atomic E-state index is 14.6. The highest BCUT2D eigenvalue weighted by Crippen LogP contribution is 2.38. The highest BCUT2D eigenvalue weighted by Gasteiger charge is 2.38. The summed E-state index contributed by atoms with van der Waals surface area (Å²) in [6.07, 6.45) is -1.49. The van der Waals surface area contributed by atoms with Gasteiger partial charge in [0, 0.05) is 19.0 Å². The van der Waals surface area contributed by atoms with Gasteiger partial charge in [0.1, 0.15) is 18.4 Å². The number of nitrogens with zero attached hydrogens (tertiary/aromatic N) is 2. The van der Waals surface area contributed by atoms with Crippen molar-refractivity contribution in [1.29, 1.82) is 0 Å². The summed E-state index contributed by atoms with van der Waals surface area (Å²) in [5.41, 5.74) is 0.166. The van der Waals surface area contributed by atoms with E-state index >= 15 is 0 Å². The van der Waals surface area contributed by atoms with Crippen molar-refractivity contribution in [2.24, 2.45) is 0 Å². The molecule has 0 saturated heterocycles. The number of halogens is 5. The molecule has 1 saturated carbocycles. The third-order valence-electron chi connectivity index (χ3n) is 8.67. The summed E-state index contributed by atoms with van der Waals surface area (Å²) in [5.74, 6) is -1.85. The molecule has 1 unspecified atom stereocenters. The Labute approximate surface area is 293 Å². The highest BCUT2D eigenvalue weighted by molar-refractivity contribution is 7.92. The molecule has 0 bridgehead atoms. The number of sulfonamides is 1. The Bertz CT molecular complexity index is 1900. The lowest BCUT2D eigenvalue weighted by Gasteiger charge is -2.34. The summed E-state index contributed by atoms with van der Waals surface area (Å²) in [6.45, 7) is 0.559. The molecule has 7 nitrogen and oxygen atoms in total. The molecule has 0 heterocycles. The number of nitrogens with one attached hydrogen (secondary N) is 1. The standard InChI is InChI=1S/C37H36ClF4N3O4S/c1-25-11-18-31(19-12-25)50(48,49)45(30-17-20-33(38)32(22-30)37(40,41)42)24-35(46)44(23-27-13-15-28(39)16-14-27)34(21-26-7-3-2-4-8-26)36(47)43-29-9-5-6-10-29/h2-4,7-8,11-20,22,29,34H,5-6,9-10,21,23-24H2,1H3,(H,43,47). The number of hydrogen-bond acceptors (Lipinski definition) is 4. The maximum atomic E-state index is 14.6. The van der Waals surface area contributed by atoms with E-state index in [0.29, 0.717) is 21.5 Å². The van der Waals surface area contributed by atoms with E-state index in [9.17, 15) is 35.6 Å². The van der Waals surface area contributed by atoms with Crippen LogP contribution >= 0.6 is 11.6 Å². The molecule has 264 valence electrons. The van der Waals surface area contributed by atoms with Gasteiger partial charge in [-0.1, -0.05) is 84.6 Å². The van der Waals surface area contributed by atoms with E-state index in [1.165, 1.54) is 53.4 Å². The van der Waals surface area contributed by atoms with Crippen LogP contribution in [0.15, 0.2) is 102 Å². The summed E-state index contributed by atoms with van der Waals surface area (Å²) in [6, 6.07) is 21.2. The van der Waals surface area contributed by atoms with Crippen molar-refractivity contribution in [1.82, 2.24) is 10.2 Å². The van der Waals surface area contributed by atoms with E-state index < -0.39 is 62.7 Å². The molecular weight excluding hydrogens is 694 g/mol. The molecule has 1 N–H and O–H groups in total. The maximum Gasteiger partial charge on any atom is 0.417 e. The minimum absolute atomic E-state index is 0.0518. The van der Waals surface area contributed by atoms with Crippen LogP contribution in [0.4, 0.5) is 23.2 Å². The number of hydrogen-bond donors (Lipinski definition) is 1. The molecule has 1 aliphatic rings. The quantitative estimate of drug-likeness (QED) is 0.152. The lowest BCUT2D eigenvalue weighted by atomic mass is 10.0. The number of anilines is 1. The molecule has 4 aromatic rings. The molecule has 0 radical (unpaired) electrons. The van der Waals surface area contributed by atoms with Gasteiger partial charge in [-0.2, -0.15) is 13.2 Å². The lowest BCUT2D eigenvalue weighted by Crippen LogP contribution is -2.54.